The number of benzene rings is 2. The Morgan fingerprint density at radius 3 is 2.44 bits per heavy atom. The van der Waals surface area contributed by atoms with Crippen LogP contribution in [0.25, 0.3) is 11.3 Å². The van der Waals surface area contributed by atoms with E-state index < -0.39 is 0 Å². The van der Waals surface area contributed by atoms with E-state index in [-0.39, 0.29) is 6.03 Å². The predicted molar refractivity (Wildman–Crippen MR) is 141 cm³/mol. The van der Waals surface area contributed by atoms with Crippen molar-refractivity contribution in [2.24, 2.45) is 0 Å². The molecule has 0 unspecified atom stereocenters. The Labute approximate surface area is 208 Å². The SMILES string of the molecule is CSc1cc(NC(=O)N(Cc2ccccc2)Cc2cccc(-c3ccn[nH]3)c2)c(SC)nc1C. The number of urea groups is 1. The van der Waals surface area contributed by atoms with E-state index in [0.29, 0.717) is 13.1 Å². The van der Waals surface area contributed by atoms with Gasteiger partial charge < -0.3 is 10.2 Å². The number of aryl methyl sites for hydroxylation is 1. The van der Waals surface area contributed by atoms with Crippen LogP contribution in [0.4, 0.5) is 10.5 Å². The maximum absolute atomic E-state index is 13.5. The second kappa shape index (κ2) is 11.3. The third-order valence-electron chi connectivity index (χ3n) is 5.40. The van der Waals surface area contributed by atoms with E-state index in [2.05, 4.69) is 26.6 Å². The van der Waals surface area contributed by atoms with E-state index in [1.165, 1.54) is 11.8 Å². The summed E-state index contributed by atoms with van der Waals surface area (Å²) in [5.74, 6) is 0. The molecule has 174 valence electrons. The first-order chi connectivity index (χ1) is 16.6. The Morgan fingerprint density at radius 2 is 1.74 bits per heavy atom. The van der Waals surface area contributed by atoms with Crippen LogP contribution in [0.15, 0.2) is 82.8 Å². The highest BCUT2D eigenvalue weighted by Crippen LogP contribution is 2.30. The van der Waals surface area contributed by atoms with Crippen molar-refractivity contribution in [3.8, 4) is 11.3 Å². The topological polar surface area (TPSA) is 73.9 Å². The van der Waals surface area contributed by atoms with Gasteiger partial charge in [-0.1, -0.05) is 48.5 Å². The zero-order valence-electron chi connectivity index (χ0n) is 19.4. The lowest BCUT2D eigenvalue weighted by Crippen LogP contribution is -2.34. The van der Waals surface area contributed by atoms with Gasteiger partial charge in [-0.3, -0.25) is 5.10 Å². The Hall–Kier alpha value is -3.23. The van der Waals surface area contributed by atoms with Crippen LogP contribution in [-0.2, 0) is 13.1 Å². The highest BCUT2D eigenvalue weighted by atomic mass is 32.2. The van der Waals surface area contributed by atoms with Crippen molar-refractivity contribution in [2.75, 3.05) is 17.8 Å². The maximum atomic E-state index is 13.5. The minimum absolute atomic E-state index is 0.163. The molecule has 2 heterocycles. The second-order valence-corrected chi connectivity index (χ2v) is 9.42. The molecule has 34 heavy (non-hydrogen) atoms. The van der Waals surface area contributed by atoms with Gasteiger partial charge in [0, 0.05) is 24.2 Å². The van der Waals surface area contributed by atoms with Gasteiger partial charge >= 0.3 is 6.03 Å². The lowest BCUT2D eigenvalue weighted by atomic mass is 10.1. The number of nitrogens with zero attached hydrogens (tertiary/aromatic N) is 3. The fraction of sp³-hybridized carbons (Fsp3) is 0.192. The van der Waals surface area contributed by atoms with Crippen LogP contribution in [0.1, 0.15) is 16.8 Å². The van der Waals surface area contributed by atoms with Gasteiger partial charge in [-0.05, 0) is 54.3 Å². The molecule has 0 saturated heterocycles. The Kier molecular flexibility index (Phi) is 7.92. The molecule has 0 bridgehead atoms. The van der Waals surface area contributed by atoms with E-state index in [1.807, 2.05) is 85.0 Å². The lowest BCUT2D eigenvalue weighted by Gasteiger charge is -2.24. The summed E-state index contributed by atoms with van der Waals surface area (Å²) in [4.78, 5) is 21.1. The standard InChI is InChI=1S/C26H27N5OS2/c1-18-24(33-2)15-23(25(28-18)34-3)29-26(32)31(16-19-8-5-4-6-9-19)17-20-10-7-11-21(14-20)22-12-13-27-30-22/h4-15H,16-17H2,1-3H3,(H,27,30)(H,29,32). The number of H-pyrrole nitrogens is 1. The highest BCUT2D eigenvalue weighted by molar-refractivity contribution is 7.99. The van der Waals surface area contributed by atoms with E-state index in [0.717, 1.165) is 43.7 Å². The van der Waals surface area contributed by atoms with E-state index in [1.54, 1.807) is 18.0 Å². The van der Waals surface area contributed by atoms with Crippen molar-refractivity contribution in [1.82, 2.24) is 20.1 Å². The summed E-state index contributed by atoms with van der Waals surface area (Å²) < 4.78 is 0. The largest absolute Gasteiger partial charge is 0.322 e. The van der Waals surface area contributed by atoms with Gasteiger partial charge in [-0.2, -0.15) is 5.10 Å². The molecule has 8 heteroatoms. The van der Waals surface area contributed by atoms with Crippen molar-refractivity contribution in [3.63, 3.8) is 0 Å². The number of anilines is 1. The van der Waals surface area contributed by atoms with Crippen LogP contribution in [0.5, 0.6) is 0 Å². The number of rotatable bonds is 8. The van der Waals surface area contributed by atoms with Crippen LogP contribution >= 0.6 is 23.5 Å². The van der Waals surface area contributed by atoms with Gasteiger partial charge in [0.15, 0.2) is 0 Å². The lowest BCUT2D eigenvalue weighted by molar-refractivity contribution is 0.206. The van der Waals surface area contributed by atoms with E-state index >= 15 is 0 Å². The van der Waals surface area contributed by atoms with Gasteiger partial charge in [0.2, 0.25) is 0 Å². The normalized spacial score (nSPS) is 10.8. The monoisotopic (exact) mass is 489 g/mol. The van der Waals surface area contributed by atoms with Crippen LogP contribution in [0, 0.1) is 6.92 Å². The second-order valence-electron chi connectivity index (χ2n) is 7.78. The quantitative estimate of drug-likeness (QED) is 0.278. The fourth-order valence-electron chi connectivity index (χ4n) is 3.69. The van der Waals surface area contributed by atoms with Crippen LogP contribution < -0.4 is 5.32 Å². The van der Waals surface area contributed by atoms with Crippen molar-refractivity contribution in [1.29, 1.82) is 0 Å². The number of hydrogen-bond acceptors (Lipinski definition) is 5. The summed E-state index contributed by atoms with van der Waals surface area (Å²) in [6.45, 7) is 2.95. The number of hydrogen-bond donors (Lipinski definition) is 2. The minimum atomic E-state index is -0.163. The molecule has 6 nitrogen and oxygen atoms in total. The first kappa shape index (κ1) is 23.9. The van der Waals surface area contributed by atoms with Crippen molar-refractivity contribution in [2.45, 2.75) is 29.9 Å². The Morgan fingerprint density at radius 1 is 0.971 bits per heavy atom. The highest BCUT2D eigenvalue weighted by Gasteiger charge is 2.18. The van der Waals surface area contributed by atoms with Crippen LogP contribution in [0.2, 0.25) is 0 Å². The summed E-state index contributed by atoms with van der Waals surface area (Å²) in [7, 11) is 0. The summed E-state index contributed by atoms with van der Waals surface area (Å²) in [6.07, 6.45) is 5.72. The zero-order valence-corrected chi connectivity index (χ0v) is 21.0. The molecule has 0 atom stereocenters. The third-order valence-corrected chi connectivity index (χ3v) is 6.95. The molecule has 2 N–H and O–H groups in total. The number of amides is 2. The maximum Gasteiger partial charge on any atom is 0.322 e. The average Bonchev–Trinajstić information content (AvgIpc) is 3.40. The van der Waals surface area contributed by atoms with Gasteiger partial charge in [0.05, 0.1) is 17.1 Å². The molecular formula is C26H27N5OS2. The van der Waals surface area contributed by atoms with Crippen LogP contribution in [-0.4, -0.2) is 38.6 Å². The number of aromatic amines is 1. The molecule has 0 fully saturated rings. The number of pyridine rings is 1. The molecule has 4 aromatic rings. The molecule has 0 aliphatic heterocycles. The molecular weight excluding hydrogens is 462 g/mol. The van der Waals surface area contributed by atoms with E-state index in [4.69, 9.17) is 0 Å². The zero-order chi connectivity index (χ0) is 23.9. The molecule has 4 rings (SSSR count). The molecule has 0 saturated carbocycles. The smallest absolute Gasteiger partial charge is 0.316 e. The fourth-order valence-corrected chi connectivity index (χ4v) is 4.82. The summed E-state index contributed by atoms with van der Waals surface area (Å²) >= 11 is 3.15. The van der Waals surface area contributed by atoms with Gasteiger partial charge in [0.1, 0.15) is 5.03 Å². The molecule has 0 radical (unpaired) electrons. The van der Waals surface area contributed by atoms with Crippen molar-refractivity contribution < 1.29 is 4.79 Å². The first-order valence-corrected chi connectivity index (χ1v) is 13.3. The minimum Gasteiger partial charge on any atom is -0.316 e. The van der Waals surface area contributed by atoms with Gasteiger partial charge in [0.25, 0.3) is 0 Å². The van der Waals surface area contributed by atoms with Crippen LogP contribution in [0.3, 0.4) is 0 Å². The average molecular weight is 490 g/mol. The van der Waals surface area contributed by atoms with Gasteiger partial charge in [-0.25, -0.2) is 9.78 Å². The number of thioether (sulfide) groups is 2. The molecule has 2 amide bonds. The number of carbonyl (C=O) groups is 1. The molecule has 2 aromatic heterocycles. The molecule has 0 spiro atoms. The van der Waals surface area contributed by atoms with Crippen molar-refractivity contribution >= 4 is 35.2 Å². The van der Waals surface area contributed by atoms with E-state index in [9.17, 15) is 4.79 Å². The number of nitrogens with one attached hydrogen (secondary N) is 2. The third kappa shape index (κ3) is 5.81. The van der Waals surface area contributed by atoms with Crippen molar-refractivity contribution in [3.05, 3.63) is 89.7 Å². The molecule has 0 aliphatic carbocycles. The summed E-state index contributed by atoms with van der Waals surface area (Å²) in [5, 5.41) is 11.0. The summed E-state index contributed by atoms with van der Waals surface area (Å²) in [6, 6.07) is 22.0. The number of carbonyl (C=O) groups excluding carboxylic acids is 1. The molecule has 0 aliphatic rings. The first-order valence-electron chi connectivity index (χ1n) is 10.9. The summed E-state index contributed by atoms with van der Waals surface area (Å²) in [5.41, 5.74) is 5.78. The van der Waals surface area contributed by atoms with Gasteiger partial charge in [-0.15, -0.1) is 23.5 Å². The predicted octanol–water partition coefficient (Wildman–Crippen LogP) is 6.46. The number of aromatic nitrogens is 3. The Balaban J connectivity index is 1.61. The molecule has 2 aromatic carbocycles. The Bertz CT molecular complexity index is 1250.